The SMILES string of the molecule is CCN(C(=O)C(O)CO)c1ncc(B2OC(C)(C)C(C)(C)O2)cn1. The summed E-state index contributed by atoms with van der Waals surface area (Å²) in [6, 6.07) is 0. The lowest BCUT2D eigenvalue weighted by atomic mass is 9.81. The fourth-order valence-corrected chi connectivity index (χ4v) is 2.23. The third kappa shape index (κ3) is 3.44. The van der Waals surface area contributed by atoms with Gasteiger partial charge in [0.1, 0.15) is 0 Å². The Morgan fingerprint density at radius 1 is 1.25 bits per heavy atom. The van der Waals surface area contributed by atoms with Crippen molar-refractivity contribution in [2.24, 2.45) is 0 Å². The van der Waals surface area contributed by atoms with E-state index in [2.05, 4.69) is 9.97 Å². The normalized spacial score (nSPS) is 20.0. The molecule has 0 aliphatic carbocycles. The number of amides is 1. The van der Waals surface area contributed by atoms with Gasteiger partial charge in [-0.3, -0.25) is 9.69 Å². The summed E-state index contributed by atoms with van der Waals surface area (Å²) < 4.78 is 11.8. The summed E-state index contributed by atoms with van der Waals surface area (Å²) in [6.07, 6.45) is 1.58. The fourth-order valence-electron chi connectivity index (χ4n) is 2.23. The Labute approximate surface area is 142 Å². The van der Waals surface area contributed by atoms with Crippen LogP contribution in [0.1, 0.15) is 34.6 Å². The Morgan fingerprint density at radius 2 is 1.75 bits per heavy atom. The summed E-state index contributed by atoms with van der Waals surface area (Å²) in [5, 5.41) is 18.4. The van der Waals surface area contributed by atoms with Crippen LogP contribution in [0.2, 0.25) is 0 Å². The van der Waals surface area contributed by atoms with Crippen LogP contribution >= 0.6 is 0 Å². The fraction of sp³-hybridized carbons (Fsp3) is 0.667. The lowest BCUT2D eigenvalue weighted by molar-refractivity contribution is -0.128. The standard InChI is InChI=1S/C15H24BN3O5/c1-6-19(12(22)11(21)9-20)13-17-7-10(8-18-13)16-23-14(2,3)15(4,5)24-16/h7-8,11,20-21H,6,9H2,1-5H3. The minimum absolute atomic E-state index is 0.148. The number of nitrogens with zero attached hydrogens (tertiary/aromatic N) is 3. The first-order chi connectivity index (χ1) is 11.1. The van der Waals surface area contributed by atoms with Crippen LogP contribution in [0.4, 0.5) is 5.95 Å². The Morgan fingerprint density at radius 3 is 2.17 bits per heavy atom. The molecule has 9 heteroatoms. The molecule has 1 fully saturated rings. The molecule has 24 heavy (non-hydrogen) atoms. The van der Waals surface area contributed by atoms with Crippen LogP contribution in [-0.2, 0) is 14.1 Å². The van der Waals surface area contributed by atoms with Crippen LogP contribution in [0.15, 0.2) is 12.4 Å². The Balaban J connectivity index is 2.18. The Hall–Kier alpha value is -1.55. The van der Waals surface area contributed by atoms with Gasteiger partial charge >= 0.3 is 7.12 Å². The zero-order valence-corrected chi connectivity index (χ0v) is 14.7. The summed E-state index contributed by atoms with van der Waals surface area (Å²) in [5.41, 5.74) is -0.288. The van der Waals surface area contributed by atoms with Gasteiger partial charge in [0.15, 0.2) is 6.10 Å². The van der Waals surface area contributed by atoms with Crippen molar-refractivity contribution in [3.05, 3.63) is 12.4 Å². The summed E-state index contributed by atoms with van der Waals surface area (Å²) in [6.45, 7) is 9.17. The van der Waals surface area contributed by atoms with E-state index < -0.39 is 36.9 Å². The molecule has 0 aromatic carbocycles. The van der Waals surface area contributed by atoms with Gasteiger partial charge in [-0.05, 0) is 34.6 Å². The molecule has 1 atom stereocenters. The van der Waals surface area contributed by atoms with Crippen LogP contribution in [0, 0.1) is 0 Å². The molecule has 2 N–H and O–H groups in total. The summed E-state index contributed by atoms with van der Waals surface area (Å²) in [7, 11) is -0.585. The lowest BCUT2D eigenvalue weighted by Gasteiger charge is -2.32. The van der Waals surface area contributed by atoms with Gasteiger partial charge in [0.2, 0.25) is 5.95 Å². The molecular weight excluding hydrogens is 313 g/mol. The van der Waals surface area contributed by atoms with Crippen molar-refractivity contribution in [2.45, 2.75) is 51.9 Å². The largest absolute Gasteiger partial charge is 0.498 e. The van der Waals surface area contributed by atoms with Gasteiger partial charge in [0.05, 0.1) is 17.8 Å². The van der Waals surface area contributed by atoms with Crippen LogP contribution < -0.4 is 10.4 Å². The highest BCUT2D eigenvalue weighted by Gasteiger charge is 2.52. The van der Waals surface area contributed by atoms with Crippen LogP contribution in [0.5, 0.6) is 0 Å². The quantitative estimate of drug-likeness (QED) is 0.697. The van der Waals surface area contributed by atoms with E-state index in [0.29, 0.717) is 5.46 Å². The number of carbonyl (C=O) groups is 1. The van der Waals surface area contributed by atoms with E-state index in [4.69, 9.17) is 14.4 Å². The monoisotopic (exact) mass is 337 g/mol. The topological polar surface area (TPSA) is 105 Å². The molecule has 1 saturated heterocycles. The van der Waals surface area contributed by atoms with Gasteiger partial charge in [-0.15, -0.1) is 0 Å². The van der Waals surface area contributed by atoms with E-state index in [1.54, 1.807) is 6.92 Å². The molecule has 132 valence electrons. The summed E-state index contributed by atoms with van der Waals surface area (Å²) >= 11 is 0. The van der Waals surface area contributed by atoms with Crippen molar-refractivity contribution < 1.29 is 24.3 Å². The van der Waals surface area contributed by atoms with Crippen LogP contribution in [0.3, 0.4) is 0 Å². The number of rotatable bonds is 5. The number of hydrogen-bond donors (Lipinski definition) is 2. The highest BCUT2D eigenvalue weighted by atomic mass is 16.7. The van der Waals surface area contributed by atoms with Crippen molar-refractivity contribution >= 4 is 24.4 Å². The van der Waals surface area contributed by atoms with Crippen molar-refractivity contribution in [2.75, 3.05) is 18.1 Å². The van der Waals surface area contributed by atoms with E-state index in [1.807, 2.05) is 27.7 Å². The molecule has 1 aliphatic rings. The maximum atomic E-state index is 12.0. The molecule has 0 radical (unpaired) electrons. The average molecular weight is 337 g/mol. The molecule has 1 amide bonds. The van der Waals surface area contributed by atoms with E-state index in [-0.39, 0.29) is 12.5 Å². The van der Waals surface area contributed by atoms with Gasteiger partial charge in [-0.25, -0.2) is 9.97 Å². The van der Waals surface area contributed by atoms with Crippen molar-refractivity contribution in [1.82, 2.24) is 9.97 Å². The van der Waals surface area contributed by atoms with E-state index in [1.165, 1.54) is 17.3 Å². The van der Waals surface area contributed by atoms with Crippen molar-refractivity contribution in [3.8, 4) is 0 Å². The van der Waals surface area contributed by atoms with E-state index in [9.17, 15) is 9.90 Å². The zero-order valence-electron chi connectivity index (χ0n) is 14.7. The second-order valence-electron chi connectivity index (χ2n) is 6.69. The number of carbonyl (C=O) groups excluding carboxylic acids is 1. The molecular formula is C15H24BN3O5. The molecule has 2 rings (SSSR count). The third-order valence-corrected chi connectivity index (χ3v) is 4.47. The third-order valence-electron chi connectivity index (χ3n) is 4.47. The van der Waals surface area contributed by atoms with Crippen LogP contribution in [0.25, 0.3) is 0 Å². The highest BCUT2D eigenvalue weighted by molar-refractivity contribution is 6.61. The molecule has 2 heterocycles. The maximum absolute atomic E-state index is 12.0. The lowest BCUT2D eigenvalue weighted by Crippen LogP contribution is -2.42. The molecule has 0 spiro atoms. The van der Waals surface area contributed by atoms with Crippen molar-refractivity contribution in [1.29, 1.82) is 0 Å². The van der Waals surface area contributed by atoms with E-state index in [0.717, 1.165) is 0 Å². The number of aromatic nitrogens is 2. The van der Waals surface area contributed by atoms with Gasteiger partial charge in [-0.1, -0.05) is 0 Å². The molecule has 0 saturated carbocycles. The number of anilines is 1. The molecule has 1 aromatic heterocycles. The highest BCUT2D eigenvalue weighted by Crippen LogP contribution is 2.36. The second kappa shape index (κ2) is 6.75. The number of likely N-dealkylation sites (N-methyl/N-ethyl adjacent to an activating group) is 1. The minimum atomic E-state index is -1.49. The average Bonchev–Trinajstić information content (AvgIpc) is 2.76. The van der Waals surface area contributed by atoms with Gasteiger partial charge < -0.3 is 19.5 Å². The first-order valence-corrected chi connectivity index (χ1v) is 7.91. The van der Waals surface area contributed by atoms with Gasteiger partial charge in [0.25, 0.3) is 5.91 Å². The maximum Gasteiger partial charge on any atom is 0.498 e. The minimum Gasteiger partial charge on any atom is -0.399 e. The summed E-state index contributed by atoms with van der Waals surface area (Å²) in [5.74, 6) is -0.501. The molecule has 8 nitrogen and oxygen atoms in total. The number of aliphatic hydroxyl groups excluding tert-OH is 2. The molecule has 0 bridgehead atoms. The number of aliphatic hydroxyl groups is 2. The van der Waals surface area contributed by atoms with Crippen LogP contribution in [-0.4, -0.2) is 63.7 Å². The molecule has 1 unspecified atom stereocenters. The van der Waals surface area contributed by atoms with E-state index >= 15 is 0 Å². The predicted molar refractivity (Wildman–Crippen MR) is 88.9 cm³/mol. The first-order valence-electron chi connectivity index (χ1n) is 7.91. The second-order valence-corrected chi connectivity index (χ2v) is 6.69. The first kappa shape index (κ1) is 18.8. The zero-order chi connectivity index (χ0) is 18.1. The Bertz CT molecular complexity index is 577. The number of hydrogen-bond acceptors (Lipinski definition) is 7. The molecule has 1 aliphatic heterocycles. The predicted octanol–water partition coefficient (Wildman–Crippen LogP) is -0.518. The Kier molecular flexibility index (Phi) is 5.29. The smallest absolute Gasteiger partial charge is 0.399 e. The summed E-state index contributed by atoms with van der Waals surface area (Å²) in [4.78, 5) is 21.5. The van der Waals surface area contributed by atoms with Gasteiger partial charge in [0, 0.05) is 24.4 Å². The molecule has 1 aromatic rings. The van der Waals surface area contributed by atoms with Crippen molar-refractivity contribution in [3.63, 3.8) is 0 Å². The van der Waals surface area contributed by atoms with Gasteiger partial charge in [-0.2, -0.15) is 0 Å².